The van der Waals surface area contributed by atoms with E-state index in [9.17, 15) is 9.18 Å². The second kappa shape index (κ2) is 8.59. The molecule has 4 nitrogen and oxygen atoms in total. The van der Waals surface area contributed by atoms with Gasteiger partial charge in [0.15, 0.2) is 0 Å². The van der Waals surface area contributed by atoms with Crippen LogP contribution in [0.1, 0.15) is 46.5 Å². The molecule has 1 aromatic carbocycles. The van der Waals surface area contributed by atoms with Gasteiger partial charge in [0, 0.05) is 37.9 Å². The summed E-state index contributed by atoms with van der Waals surface area (Å²) in [6, 6.07) is 6.98. The molecule has 3 rings (SSSR count). The molecule has 2 atom stereocenters. The first kappa shape index (κ1) is 20.1. The summed E-state index contributed by atoms with van der Waals surface area (Å²) in [6.07, 6.45) is 4.81. The van der Waals surface area contributed by atoms with Crippen molar-refractivity contribution in [1.29, 1.82) is 0 Å². The van der Waals surface area contributed by atoms with Gasteiger partial charge in [0.2, 0.25) is 5.91 Å². The van der Waals surface area contributed by atoms with Crippen molar-refractivity contribution in [1.82, 2.24) is 10.2 Å². The lowest BCUT2D eigenvalue weighted by Crippen LogP contribution is -2.52. The third-order valence-corrected chi connectivity index (χ3v) is 6.16. The van der Waals surface area contributed by atoms with Gasteiger partial charge < -0.3 is 10.2 Å². The summed E-state index contributed by atoms with van der Waals surface area (Å²) in [5, 5.41) is 3.34. The molecule has 2 aliphatic rings. The Morgan fingerprint density at radius 3 is 2.33 bits per heavy atom. The molecule has 1 aliphatic carbocycles. The Labute approximate surface area is 163 Å². The van der Waals surface area contributed by atoms with Gasteiger partial charge in [0.1, 0.15) is 5.82 Å². The van der Waals surface area contributed by atoms with Crippen LogP contribution in [-0.2, 0) is 4.79 Å². The molecular formula is C22H34FN3O. The maximum Gasteiger partial charge on any atom is 0.234 e. The molecule has 150 valence electrons. The highest BCUT2D eigenvalue weighted by Crippen LogP contribution is 2.37. The minimum atomic E-state index is -0.203. The minimum Gasteiger partial charge on any atom is -0.369 e. The fourth-order valence-corrected chi connectivity index (χ4v) is 4.61. The zero-order valence-electron chi connectivity index (χ0n) is 17.0. The van der Waals surface area contributed by atoms with E-state index < -0.39 is 0 Å². The van der Waals surface area contributed by atoms with Gasteiger partial charge in [-0.1, -0.05) is 33.6 Å². The van der Waals surface area contributed by atoms with Crippen LogP contribution in [0.4, 0.5) is 10.1 Å². The quantitative estimate of drug-likeness (QED) is 0.872. The molecule has 1 aromatic rings. The van der Waals surface area contributed by atoms with Crippen molar-refractivity contribution in [3.63, 3.8) is 0 Å². The molecule has 0 bridgehead atoms. The summed E-state index contributed by atoms with van der Waals surface area (Å²) in [6.45, 7) is 10.8. The van der Waals surface area contributed by atoms with Crippen LogP contribution >= 0.6 is 0 Å². The average molecular weight is 376 g/mol. The van der Waals surface area contributed by atoms with Crippen LogP contribution in [0.15, 0.2) is 24.3 Å². The number of anilines is 1. The number of amides is 1. The number of nitrogens with zero attached hydrogens (tertiary/aromatic N) is 2. The lowest BCUT2D eigenvalue weighted by atomic mass is 9.69. The van der Waals surface area contributed by atoms with Crippen LogP contribution < -0.4 is 10.2 Å². The fourth-order valence-electron chi connectivity index (χ4n) is 4.61. The van der Waals surface area contributed by atoms with E-state index in [4.69, 9.17) is 0 Å². The van der Waals surface area contributed by atoms with E-state index in [1.54, 1.807) is 0 Å². The van der Waals surface area contributed by atoms with Crippen LogP contribution in [-0.4, -0.2) is 49.6 Å². The number of carbonyl (C=O) groups excluding carboxylic acids is 1. The number of piperazine rings is 1. The summed E-state index contributed by atoms with van der Waals surface area (Å²) in [4.78, 5) is 17.1. The van der Waals surface area contributed by atoms with E-state index in [0.29, 0.717) is 18.5 Å². The molecule has 0 spiro atoms. The second-order valence-electron chi connectivity index (χ2n) is 9.17. The SMILES string of the molecule is CC(C)(C)[C@H]1CCCC[C@H]1NC(=O)CN1CCN(c2ccc(F)cc2)CC1. The number of nitrogens with one attached hydrogen (secondary N) is 1. The maximum atomic E-state index is 13.1. The predicted molar refractivity (Wildman–Crippen MR) is 108 cm³/mol. The molecular weight excluding hydrogens is 341 g/mol. The van der Waals surface area contributed by atoms with E-state index in [2.05, 4.69) is 35.9 Å². The number of benzene rings is 1. The third kappa shape index (κ3) is 5.44. The van der Waals surface area contributed by atoms with Crippen molar-refractivity contribution in [3.8, 4) is 0 Å². The van der Waals surface area contributed by atoms with Crippen molar-refractivity contribution in [2.75, 3.05) is 37.6 Å². The Bertz CT molecular complexity index is 617. The van der Waals surface area contributed by atoms with Gasteiger partial charge in [-0.2, -0.15) is 0 Å². The zero-order valence-corrected chi connectivity index (χ0v) is 17.0. The number of rotatable bonds is 4. The van der Waals surface area contributed by atoms with Gasteiger partial charge >= 0.3 is 0 Å². The number of halogens is 1. The molecule has 1 N–H and O–H groups in total. The molecule has 0 unspecified atom stereocenters. The lowest BCUT2D eigenvalue weighted by Gasteiger charge is -2.41. The van der Waals surface area contributed by atoms with Crippen LogP contribution in [0.25, 0.3) is 0 Å². The third-order valence-electron chi connectivity index (χ3n) is 6.16. The molecule has 1 amide bonds. The summed E-state index contributed by atoms with van der Waals surface area (Å²) in [5.74, 6) is 0.516. The second-order valence-corrected chi connectivity index (χ2v) is 9.17. The fraction of sp³-hybridized carbons (Fsp3) is 0.682. The normalized spacial score (nSPS) is 24.7. The van der Waals surface area contributed by atoms with Gasteiger partial charge in [-0.3, -0.25) is 9.69 Å². The maximum absolute atomic E-state index is 13.1. The Hall–Kier alpha value is -1.62. The van der Waals surface area contributed by atoms with Gasteiger partial charge in [0.25, 0.3) is 0 Å². The Kier molecular flexibility index (Phi) is 6.40. The van der Waals surface area contributed by atoms with Crippen LogP contribution in [0.2, 0.25) is 0 Å². The minimum absolute atomic E-state index is 0.159. The average Bonchev–Trinajstić information content (AvgIpc) is 2.62. The largest absolute Gasteiger partial charge is 0.369 e. The molecule has 1 aliphatic heterocycles. The van der Waals surface area contributed by atoms with E-state index in [1.807, 2.05) is 12.1 Å². The van der Waals surface area contributed by atoms with E-state index in [0.717, 1.165) is 38.3 Å². The number of hydrogen-bond donors (Lipinski definition) is 1. The van der Waals surface area contributed by atoms with Gasteiger partial charge in [-0.05, 0) is 48.4 Å². The van der Waals surface area contributed by atoms with Crippen molar-refractivity contribution >= 4 is 11.6 Å². The van der Waals surface area contributed by atoms with E-state index in [1.165, 1.54) is 31.4 Å². The van der Waals surface area contributed by atoms with Crippen molar-refractivity contribution < 1.29 is 9.18 Å². The highest BCUT2D eigenvalue weighted by Gasteiger charge is 2.35. The smallest absolute Gasteiger partial charge is 0.234 e. The van der Waals surface area contributed by atoms with Crippen molar-refractivity contribution in [3.05, 3.63) is 30.1 Å². The molecule has 2 fully saturated rings. The standard InChI is InChI=1S/C22H34FN3O/c1-22(2,3)19-6-4-5-7-20(19)24-21(27)16-25-12-14-26(15-13-25)18-10-8-17(23)9-11-18/h8-11,19-20H,4-7,12-16H2,1-3H3,(H,24,27)/t19-,20+/m0/s1. The van der Waals surface area contributed by atoms with Crippen molar-refractivity contribution in [2.45, 2.75) is 52.5 Å². The first-order valence-corrected chi connectivity index (χ1v) is 10.3. The highest BCUT2D eigenvalue weighted by molar-refractivity contribution is 5.78. The summed E-state index contributed by atoms with van der Waals surface area (Å²) < 4.78 is 13.1. The van der Waals surface area contributed by atoms with Gasteiger partial charge in [-0.15, -0.1) is 0 Å². The number of carbonyl (C=O) groups is 1. The summed E-state index contributed by atoms with van der Waals surface area (Å²) in [7, 11) is 0. The molecule has 1 saturated heterocycles. The number of hydrogen-bond acceptors (Lipinski definition) is 3. The summed E-state index contributed by atoms with van der Waals surface area (Å²) >= 11 is 0. The van der Waals surface area contributed by atoms with E-state index in [-0.39, 0.29) is 17.1 Å². The molecule has 1 saturated carbocycles. The topological polar surface area (TPSA) is 35.6 Å². The molecule has 0 aromatic heterocycles. The molecule has 1 heterocycles. The highest BCUT2D eigenvalue weighted by atomic mass is 19.1. The zero-order chi connectivity index (χ0) is 19.4. The first-order valence-electron chi connectivity index (χ1n) is 10.3. The molecule has 27 heavy (non-hydrogen) atoms. The molecule has 0 radical (unpaired) electrons. The Balaban J connectivity index is 1.47. The van der Waals surface area contributed by atoms with Crippen LogP contribution in [0.5, 0.6) is 0 Å². The van der Waals surface area contributed by atoms with Crippen LogP contribution in [0, 0.1) is 17.2 Å². The van der Waals surface area contributed by atoms with Gasteiger partial charge in [-0.25, -0.2) is 4.39 Å². The monoisotopic (exact) mass is 375 g/mol. The first-order chi connectivity index (χ1) is 12.8. The summed E-state index contributed by atoms with van der Waals surface area (Å²) in [5.41, 5.74) is 1.29. The van der Waals surface area contributed by atoms with Crippen molar-refractivity contribution in [2.24, 2.45) is 11.3 Å². The van der Waals surface area contributed by atoms with Crippen LogP contribution in [0.3, 0.4) is 0 Å². The molecule has 5 heteroatoms. The van der Waals surface area contributed by atoms with E-state index >= 15 is 0 Å². The Morgan fingerprint density at radius 2 is 1.70 bits per heavy atom. The Morgan fingerprint density at radius 1 is 1.07 bits per heavy atom. The predicted octanol–water partition coefficient (Wildman–Crippen LogP) is 3.67. The van der Waals surface area contributed by atoms with Gasteiger partial charge in [0.05, 0.1) is 6.54 Å². The lowest BCUT2D eigenvalue weighted by molar-refractivity contribution is -0.124.